The van der Waals surface area contributed by atoms with Crippen molar-refractivity contribution in [3.05, 3.63) is 60.8 Å². The molecule has 2 amide bonds. The number of benzene rings is 2. The highest BCUT2D eigenvalue weighted by atomic mass is 16.5. The highest BCUT2D eigenvalue weighted by Crippen LogP contribution is 2.29. The van der Waals surface area contributed by atoms with Gasteiger partial charge in [-0.15, -0.1) is 0 Å². The number of hydrogen-bond donors (Lipinski definition) is 2. The monoisotopic (exact) mass is 489 g/mol. The first kappa shape index (κ1) is 23.7. The molecule has 10 heteroatoms. The lowest BCUT2D eigenvalue weighted by molar-refractivity contribution is 0.123. The molecule has 1 aromatic heterocycles. The predicted octanol–water partition coefficient (Wildman–Crippen LogP) is 3.42. The Kier molecular flexibility index (Phi) is 7.32. The summed E-state index contributed by atoms with van der Waals surface area (Å²) in [4.78, 5) is 28.2. The van der Waals surface area contributed by atoms with Gasteiger partial charge in [-0.2, -0.15) is 4.98 Å². The van der Waals surface area contributed by atoms with E-state index >= 15 is 0 Å². The molecule has 2 saturated heterocycles. The minimum atomic E-state index is -0.107. The van der Waals surface area contributed by atoms with Gasteiger partial charge in [0.15, 0.2) is 0 Å². The minimum Gasteiger partial charge on any atom is -0.497 e. The molecule has 188 valence electrons. The summed E-state index contributed by atoms with van der Waals surface area (Å²) in [7, 11) is 1.62. The third kappa shape index (κ3) is 5.60. The zero-order valence-corrected chi connectivity index (χ0v) is 20.4. The maximum atomic E-state index is 12.7. The predicted molar refractivity (Wildman–Crippen MR) is 141 cm³/mol. The number of nitrogens with zero attached hydrogens (tertiary/aromatic N) is 5. The Hall–Kier alpha value is -4.05. The topological polar surface area (TPSA) is 95.1 Å². The molecular formula is C26H31N7O3. The molecule has 0 radical (unpaired) electrons. The number of anilines is 5. The maximum Gasteiger partial charge on any atom is 0.321 e. The Labute approximate surface area is 210 Å². The van der Waals surface area contributed by atoms with Crippen LogP contribution in [0.1, 0.15) is 0 Å². The number of ether oxygens (including phenoxy) is 2. The first-order valence-corrected chi connectivity index (χ1v) is 12.2. The van der Waals surface area contributed by atoms with Gasteiger partial charge in [-0.25, -0.2) is 9.78 Å². The first-order chi connectivity index (χ1) is 17.7. The Balaban J connectivity index is 1.19. The van der Waals surface area contributed by atoms with E-state index in [2.05, 4.69) is 31.5 Å². The van der Waals surface area contributed by atoms with Crippen molar-refractivity contribution < 1.29 is 14.3 Å². The van der Waals surface area contributed by atoms with Gasteiger partial charge in [0.1, 0.15) is 11.6 Å². The summed E-state index contributed by atoms with van der Waals surface area (Å²) in [5, 5.41) is 6.35. The van der Waals surface area contributed by atoms with Gasteiger partial charge in [0.25, 0.3) is 0 Å². The number of urea groups is 1. The van der Waals surface area contributed by atoms with E-state index in [1.54, 1.807) is 13.3 Å². The van der Waals surface area contributed by atoms with Gasteiger partial charge in [0.05, 0.1) is 31.7 Å². The lowest BCUT2D eigenvalue weighted by Gasteiger charge is -2.35. The number of carbonyl (C=O) groups is 1. The van der Waals surface area contributed by atoms with Crippen LogP contribution in [-0.2, 0) is 4.74 Å². The zero-order valence-electron chi connectivity index (χ0n) is 20.4. The smallest absolute Gasteiger partial charge is 0.321 e. The Morgan fingerprint density at radius 2 is 1.67 bits per heavy atom. The average molecular weight is 490 g/mol. The van der Waals surface area contributed by atoms with Crippen LogP contribution in [0.5, 0.6) is 5.75 Å². The van der Waals surface area contributed by atoms with Gasteiger partial charge < -0.3 is 34.8 Å². The number of para-hydroxylation sites is 2. The normalized spacial score (nSPS) is 16.0. The fourth-order valence-corrected chi connectivity index (χ4v) is 4.38. The molecule has 2 aliphatic rings. The Bertz CT molecular complexity index is 1160. The van der Waals surface area contributed by atoms with Gasteiger partial charge in [0.2, 0.25) is 5.95 Å². The molecule has 2 N–H and O–H groups in total. The number of piperazine rings is 1. The van der Waals surface area contributed by atoms with Crippen molar-refractivity contribution in [2.24, 2.45) is 0 Å². The van der Waals surface area contributed by atoms with Crippen LogP contribution in [0, 0.1) is 0 Å². The quantitative estimate of drug-likeness (QED) is 0.544. The summed E-state index contributed by atoms with van der Waals surface area (Å²) < 4.78 is 10.7. The molecule has 0 saturated carbocycles. The second-order valence-electron chi connectivity index (χ2n) is 8.61. The number of carbonyl (C=O) groups excluding carboxylic acids is 1. The van der Waals surface area contributed by atoms with Crippen molar-refractivity contribution in [3.63, 3.8) is 0 Å². The summed E-state index contributed by atoms with van der Waals surface area (Å²) in [6.07, 6.45) is 1.77. The second-order valence-corrected chi connectivity index (χ2v) is 8.61. The molecule has 2 aromatic carbocycles. The third-order valence-corrected chi connectivity index (χ3v) is 6.38. The molecule has 5 rings (SSSR count). The highest BCUT2D eigenvalue weighted by Gasteiger charge is 2.22. The molecule has 0 spiro atoms. The molecule has 0 bridgehead atoms. The second kappa shape index (κ2) is 11.1. The van der Waals surface area contributed by atoms with E-state index in [0.29, 0.717) is 32.1 Å². The van der Waals surface area contributed by atoms with Crippen LogP contribution in [0.2, 0.25) is 0 Å². The van der Waals surface area contributed by atoms with Crippen LogP contribution in [0.4, 0.5) is 33.6 Å². The Morgan fingerprint density at radius 1 is 0.917 bits per heavy atom. The van der Waals surface area contributed by atoms with Crippen molar-refractivity contribution in [2.75, 3.05) is 80.0 Å². The fourth-order valence-electron chi connectivity index (χ4n) is 4.38. The molecular weight excluding hydrogens is 458 g/mol. The van der Waals surface area contributed by atoms with Crippen molar-refractivity contribution >= 4 is 34.9 Å². The van der Waals surface area contributed by atoms with E-state index < -0.39 is 0 Å². The number of nitrogens with one attached hydrogen (secondary N) is 2. The molecule has 3 heterocycles. The fraction of sp³-hybridized carbons (Fsp3) is 0.346. The van der Waals surface area contributed by atoms with E-state index in [0.717, 1.165) is 54.9 Å². The van der Waals surface area contributed by atoms with Crippen molar-refractivity contribution in [2.45, 2.75) is 0 Å². The number of hydrogen-bond acceptors (Lipinski definition) is 8. The van der Waals surface area contributed by atoms with Crippen LogP contribution in [0.3, 0.4) is 0 Å². The molecule has 3 aromatic rings. The van der Waals surface area contributed by atoms with E-state index in [1.165, 1.54) is 0 Å². The van der Waals surface area contributed by atoms with Crippen molar-refractivity contribution in [1.29, 1.82) is 0 Å². The molecule has 0 unspecified atom stereocenters. The number of morpholine rings is 1. The lowest BCUT2D eigenvalue weighted by atomic mass is 10.2. The van der Waals surface area contributed by atoms with Gasteiger partial charge in [0, 0.05) is 51.2 Å². The van der Waals surface area contributed by atoms with Gasteiger partial charge in [-0.1, -0.05) is 12.1 Å². The number of methoxy groups -OCH3 is 1. The van der Waals surface area contributed by atoms with Gasteiger partial charge in [-0.3, -0.25) is 0 Å². The molecule has 0 atom stereocenters. The number of aromatic nitrogens is 2. The SMILES string of the molecule is COc1ccc(NC(=O)N2CCN(c3ccnc(Nc4ccccc4N4CCOCC4)n3)CC2)cc1. The van der Waals surface area contributed by atoms with Crippen LogP contribution < -0.4 is 25.2 Å². The summed E-state index contributed by atoms with van der Waals surface area (Å²) in [6.45, 7) is 5.76. The number of amides is 2. The molecule has 0 aliphatic carbocycles. The van der Waals surface area contributed by atoms with Crippen LogP contribution in [0.25, 0.3) is 0 Å². The largest absolute Gasteiger partial charge is 0.497 e. The molecule has 10 nitrogen and oxygen atoms in total. The minimum absolute atomic E-state index is 0.107. The molecule has 36 heavy (non-hydrogen) atoms. The highest BCUT2D eigenvalue weighted by molar-refractivity contribution is 5.89. The summed E-state index contributed by atoms with van der Waals surface area (Å²) in [5.41, 5.74) is 2.83. The van der Waals surface area contributed by atoms with E-state index in [9.17, 15) is 4.79 Å². The third-order valence-electron chi connectivity index (χ3n) is 6.38. The van der Waals surface area contributed by atoms with Crippen LogP contribution >= 0.6 is 0 Å². The van der Waals surface area contributed by atoms with Crippen molar-refractivity contribution in [3.8, 4) is 5.75 Å². The van der Waals surface area contributed by atoms with E-state index in [1.807, 2.05) is 53.4 Å². The Morgan fingerprint density at radius 3 is 2.42 bits per heavy atom. The van der Waals surface area contributed by atoms with Crippen LogP contribution in [0.15, 0.2) is 60.8 Å². The van der Waals surface area contributed by atoms with Crippen LogP contribution in [-0.4, -0.2) is 80.5 Å². The maximum absolute atomic E-state index is 12.7. The lowest BCUT2D eigenvalue weighted by Crippen LogP contribution is -2.50. The number of rotatable bonds is 6. The summed E-state index contributed by atoms with van der Waals surface area (Å²) in [6, 6.07) is 17.3. The van der Waals surface area contributed by atoms with E-state index in [4.69, 9.17) is 14.5 Å². The van der Waals surface area contributed by atoms with Gasteiger partial charge in [-0.05, 0) is 42.5 Å². The summed E-state index contributed by atoms with van der Waals surface area (Å²) in [5.74, 6) is 2.14. The molecule has 2 fully saturated rings. The average Bonchev–Trinajstić information content (AvgIpc) is 2.94. The van der Waals surface area contributed by atoms with Crippen molar-refractivity contribution in [1.82, 2.24) is 14.9 Å². The zero-order chi connectivity index (χ0) is 24.7. The molecule has 2 aliphatic heterocycles. The van der Waals surface area contributed by atoms with Gasteiger partial charge >= 0.3 is 6.03 Å². The standard InChI is InChI=1S/C26H31N7O3/c1-35-21-8-6-20(7-9-21)28-26(34)33-14-12-32(13-15-33)24-10-11-27-25(30-24)29-22-4-2-3-5-23(22)31-16-18-36-19-17-31/h2-11H,12-19H2,1H3,(H,28,34)(H,27,29,30). The summed E-state index contributed by atoms with van der Waals surface area (Å²) >= 11 is 0. The van der Waals surface area contributed by atoms with E-state index in [-0.39, 0.29) is 6.03 Å². The first-order valence-electron chi connectivity index (χ1n) is 12.2.